The number of hydrogen-bond acceptors (Lipinski definition) is 1. The molecular formula is C12H19N. The smallest absolute Gasteiger partial charge is 0.0390 e. The van der Waals surface area contributed by atoms with Gasteiger partial charge in [-0.25, -0.2) is 0 Å². The van der Waals surface area contributed by atoms with E-state index in [9.17, 15) is 0 Å². The molecular weight excluding hydrogens is 158 g/mol. The van der Waals surface area contributed by atoms with Gasteiger partial charge in [-0.3, -0.25) is 0 Å². The lowest BCUT2D eigenvalue weighted by molar-refractivity contribution is 0.547. The van der Waals surface area contributed by atoms with Gasteiger partial charge < -0.3 is 4.90 Å². The van der Waals surface area contributed by atoms with Crippen molar-refractivity contribution in [3.8, 4) is 0 Å². The Morgan fingerprint density at radius 3 is 2.15 bits per heavy atom. The largest absolute Gasteiger partial charge is 0.345 e. The first-order valence-electron chi connectivity index (χ1n) is 4.45. The molecule has 0 aromatic rings. The fourth-order valence-electron chi connectivity index (χ4n) is 1.07. The first kappa shape index (κ1) is 11.8. The predicted octanol–water partition coefficient (Wildman–Crippen LogP) is 3.49. The molecule has 72 valence electrons. The minimum absolute atomic E-state index is 0.891. The molecule has 0 aliphatic heterocycles. The maximum atomic E-state index is 3.88. The number of hydrogen-bond donors (Lipinski definition) is 0. The van der Waals surface area contributed by atoms with E-state index in [-0.39, 0.29) is 0 Å². The van der Waals surface area contributed by atoms with E-state index in [1.165, 1.54) is 5.57 Å². The van der Waals surface area contributed by atoms with Gasteiger partial charge in [0.05, 0.1) is 0 Å². The van der Waals surface area contributed by atoms with Crippen molar-refractivity contribution in [3.63, 3.8) is 0 Å². The summed E-state index contributed by atoms with van der Waals surface area (Å²) in [5, 5.41) is 0. The van der Waals surface area contributed by atoms with Crippen molar-refractivity contribution in [2.45, 2.75) is 20.3 Å². The quantitative estimate of drug-likeness (QED) is 0.581. The summed E-state index contributed by atoms with van der Waals surface area (Å²) in [7, 11) is 1.97. The van der Waals surface area contributed by atoms with Crippen molar-refractivity contribution < 1.29 is 0 Å². The van der Waals surface area contributed by atoms with Crippen LogP contribution in [0.4, 0.5) is 0 Å². The summed E-state index contributed by atoms with van der Waals surface area (Å²) in [6, 6.07) is 0. The Bertz CT molecular complexity index is 246. The highest BCUT2D eigenvalue weighted by Crippen LogP contribution is 2.16. The molecule has 0 aromatic heterocycles. The Hall–Kier alpha value is -1.24. The molecule has 0 spiro atoms. The van der Waals surface area contributed by atoms with Gasteiger partial charge in [0.1, 0.15) is 0 Å². The standard InChI is InChI=1S/C12H19N/c1-7-10(4)12(9-3)13(6)11(5)8-2/h8-9H,2-3,5,7H2,1,4,6H3/b12-10+. The summed E-state index contributed by atoms with van der Waals surface area (Å²) < 4.78 is 0. The van der Waals surface area contributed by atoms with Gasteiger partial charge in [0.25, 0.3) is 0 Å². The predicted molar refractivity (Wildman–Crippen MR) is 60.3 cm³/mol. The molecule has 0 saturated heterocycles. The van der Waals surface area contributed by atoms with Crippen LogP contribution >= 0.6 is 0 Å². The zero-order valence-corrected chi connectivity index (χ0v) is 8.93. The van der Waals surface area contributed by atoms with E-state index in [0.717, 1.165) is 17.8 Å². The van der Waals surface area contributed by atoms with Gasteiger partial charge in [-0.1, -0.05) is 26.7 Å². The number of rotatable bonds is 5. The second-order valence-electron chi connectivity index (χ2n) is 2.98. The lowest BCUT2D eigenvalue weighted by Gasteiger charge is -2.22. The highest BCUT2D eigenvalue weighted by molar-refractivity contribution is 5.28. The number of allylic oxidation sites excluding steroid dienone is 3. The molecule has 0 rings (SSSR count). The van der Waals surface area contributed by atoms with Crippen LogP contribution in [-0.4, -0.2) is 11.9 Å². The van der Waals surface area contributed by atoms with Gasteiger partial charge in [-0.2, -0.15) is 0 Å². The molecule has 0 unspecified atom stereocenters. The average Bonchev–Trinajstić information content (AvgIpc) is 2.17. The molecule has 0 bridgehead atoms. The van der Waals surface area contributed by atoms with Gasteiger partial charge in [-0.15, -0.1) is 0 Å². The maximum Gasteiger partial charge on any atom is 0.0390 e. The lowest BCUT2D eigenvalue weighted by Crippen LogP contribution is -2.15. The Labute approximate surface area is 81.8 Å². The summed E-state index contributed by atoms with van der Waals surface area (Å²) >= 11 is 0. The molecule has 0 aromatic carbocycles. The maximum absolute atomic E-state index is 3.88. The zero-order valence-electron chi connectivity index (χ0n) is 8.93. The summed E-state index contributed by atoms with van der Waals surface area (Å²) in [4.78, 5) is 2.00. The molecule has 0 heterocycles. The average molecular weight is 177 g/mol. The Morgan fingerprint density at radius 2 is 1.85 bits per heavy atom. The van der Waals surface area contributed by atoms with E-state index in [4.69, 9.17) is 0 Å². The van der Waals surface area contributed by atoms with Crippen LogP contribution in [0.15, 0.2) is 48.9 Å². The molecule has 0 aliphatic rings. The van der Waals surface area contributed by atoms with Gasteiger partial charge in [0.15, 0.2) is 0 Å². The van der Waals surface area contributed by atoms with Crippen molar-refractivity contribution in [1.82, 2.24) is 4.90 Å². The summed E-state index contributed by atoms with van der Waals surface area (Å²) in [5.74, 6) is 0. The van der Waals surface area contributed by atoms with E-state index >= 15 is 0 Å². The second kappa shape index (κ2) is 5.41. The molecule has 0 amide bonds. The summed E-state index contributed by atoms with van der Waals surface area (Å²) in [6.07, 6.45) is 4.62. The van der Waals surface area contributed by atoms with Crippen LogP contribution in [-0.2, 0) is 0 Å². The van der Waals surface area contributed by atoms with Crippen LogP contribution < -0.4 is 0 Å². The number of likely N-dealkylation sites (N-methyl/N-ethyl adjacent to an activating group) is 1. The number of nitrogens with zero attached hydrogens (tertiary/aromatic N) is 1. The molecule has 0 aliphatic carbocycles. The molecule has 0 saturated carbocycles. The van der Waals surface area contributed by atoms with Crippen LogP contribution in [0.2, 0.25) is 0 Å². The van der Waals surface area contributed by atoms with E-state index in [2.05, 4.69) is 33.6 Å². The third-order valence-electron chi connectivity index (χ3n) is 2.19. The Balaban J connectivity index is 4.88. The molecule has 13 heavy (non-hydrogen) atoms. The fourth-order valence-corrected chi connectivity index (χ4v) is 1.07. The van der Waals surface area contributed by atoms with E-state index in [1.807, 2.05) is 18.0 Å². The first-order valence-corrected chi connectivity index (χ1v) is 4.45. The monoisotopic (exact) mass is 177 g/mol. The summed E-state index contributed by atoms with van der Waals surface area (Å²) in [5.41, 5.74) is 3.32. The Kier molecular flexibility index (Phi) is 4.90. The molecule has 1 nitrogen and oxygen atoms in total. The SMILES string of the molecule is C=CC(=C)N(C)/C(C=C)=C(\C)CC. The van der Waals surface area contributed by atoms with Crippen LogP contribution in [0.3, 0.4) is 0 Å². The highest BCUT2D eigenvalue weighted by Gasteiger charge is 2.04. The normalized spacial score (nSPS) is 11.6. The molecule has 0 radical (unpaired) electrons. The van der Waals surface area contributed by atoms with Crippen molar-refractivity contribution >= 4 is 0 Å². The molecule has 0 atom stereocenters. The van der Waals surface area contributed by atoms with Crippen LogP contribution in [0.1, 0.15) is 20.3 Å². The minimum atomic E-state index is 0.891. The molecule has 0 fully saturated rings. The van der Waals surface area contributed by atoms with Gasteiger partial charge >= 0.3 is 0 Å². The van der Waals surface area contributed by atoms with Crippen molar-refractivity contribution in [2.24, 2.45) is 0 Å². The fraction of sp³-hybridized carbons (Fsp3) is 0.333. The van der Waals surface area contributed by atoms with Crippen LogP contribution in [0.5, 0.6) is 0 Å². The van der Waals surface area contributed by atoms with E-state index < -0.39 is 0 Å². The highest BCUT2D eigenvalue weighted by atomic mass is 15.1. The molecule has 1 heteroatoms. The van der Waals surface area contributed by atoms with Crippen LogP contribution in [0.25, 0.3) is 0 Å². The minimum Gasteiger partial charge on any atom is -0.345 e. The lowest BCUT2D eigenvalue weighted by atomic mass is 10.1. The topological polar surface area (TPSA) is 3.24 Å². The van der Waals surface area contributed by atoms with Crippen LogP contribution in [0, 0.1) is 0 Å². The summed E-state index contributed by atoms with van der Waals surface area (Å²) in [6.45, 7) is 15.6. The first-order chi connectivity index (χ1) is 6.08. The zero-order chi connectivity index (χ0) is 10.4. The Morgan fingerprint density at radius 1 is 1.31 bits per heavy atom. The second-order valence-corrected chi connectivity index (χ2v) is 2.98. The van der Waals surface area contributed by atoms with Gasteiger partial charge in [-0.05, 0) is 31.1 Å². The van der Waals surface area contributed by atoms with E-state index in [0.29, 0.717) is 0 Å². The van der Waals surface area contributed by atoms with Gasteiger partial charge in [0, 0.05) is 18.4 Å². The molecule has 0 N–H and O–H groups in total. The van der Waals surface area contributed by atoms with E-state index in [1.54, 1.807) is 6.08 Å². The third kappa shape index (κ3) is 2.94. The third-order valence-corrected chi connectivity index (χ3v) is 2.19. The van der Waals surface area contributed by atoms with Gasteiger partial charge in [0.2, 0.25) is 0 Å². The van der Waals surface area contributed by atoms with Crippen molar-refractivity contribution in [3.05, 3.63) is 48.9 Å². The van der Waals surface area contributed by atoms with Crippen molar-refractivity contribution in [2.75, 3.05) is 7.05 Å². The van der Waals surface area contributed by atoms with Crippen molar-refractivity contribution in [1.29, 1.82) is 0 Å².